The summed E-state index contributed by atoms with van der Waals surface area (Å²) in [7, 11) is 1.87. The molecule has 2 heterocycles. The van der Waals surface area contributed by atoms with E-state index in [1.54, 1.807) is 12.4 Å². The number of aryl methyl sites for hydroxylation is 1. The first-order chi connectivity index (χ1) is 11.1. The Balaban J connectivity index is 2.27. The van der Waals surface area contributed by atoms with E-state index in [1.807, 2.05) is 48.8 Å². The smallest absolute Gasteiger partial charge is 0.257 e. The minimum Gasteiger partial charge on any atom is -0.335 e. The predicted octanol–water partition coefficient (Wildman–Crippen LogP) is 3.61. The number of hydrogen-bond donors (Lipinski definition) is 0. The maximum Gasteiger partial charge on any atom is 0.257 e. The molecule has 0 unspecified atom stereocenters. The maximum absolute atomic E-state index is 12.9. The second-order valence-corrected chi connectivity index (χ2v) is 5.82. The Morgan fingerprint density at radius 2 is 2.13 bits per heavy atom. The van der Waals surface area contributed by atoms with Gasteiger partial charge in [0.15, 0.2) is 0 Å². The fourth-order valence-corrected chi connectivity index (χ4v) is 2.86. The molecule has 0 aliphatic rings. The molecule has 0 radical (unpaired) electrons. The average molecular weight is 314 g/mol. The van der Waals surface area contributed by atoms with Gasteiger partial charge in [-0.2, -0.15) is 5.10 Å². The number of aromatic nitrogens is 3. The van der Waals surface area contributed by atoms with E-state index in [2.05, 4.69) is 17.0 Å². The van der Waals surface area contributed by atoms with Gasteiger partial charge in [-0.1, -0.05) is 25.8 Å². The third-order valence-electron chi connectivity index (χ3n) is 4.32. The van der Waals surface area contributed by atoms with Crippen LogP contribution in [0.25, 0.3) is 0 Å². The molecule has 0 aliphatic carbocycles. The molecular weight excluding hydrogens is 288 g/mol. The van der Waals surface area contributed by atoms with Crippen LogP contribution in [0, 0.1) is 6.92 Å². The van der Waals surface area contributed by atoms with Crippen molar-refractivity contribution in [3.05, 3.63) is 47.5 Å². The molecule has 0 spiro atoms. The van der Waals surface area contributed by atoms with E-state index in [1.165, 1.54) is 0 Å². The number of carbonyl (C=O) groups excluding carboxylic acids is 1. The molecule has 5 heteroatoms. The molecule has 0 aliphatic heterocycles. The summed E-state index contributed by atoms with van der Waals surface area (Å²) in [5.41, 5.74) is 2.68. The summed E-state index contributed by atoms with van der Waals surface area (Å²) < 4.78 is 1.85. The molecule has 0 aromatic carbocycles. The van der Waals surface area contributed by atoms with Crippen LogP contribution in [0.2, 0.25) is 0 Å². The topological polar surface area (TPSA) is 51.0 Å². The van der Waals surface area contributed by atoms with Gasteiger partial charge in [0.1, 0.15) is 0 Å². The van der Waals surface area contributed by atoms with Gasteiger partial charge in [0.25, 0.3) is 5.91 Å². The largest absolute Gasteiger partial charge is 0.335 e. The summed E-state index contributed by atoms with van der Waals surface area (Å²) in [6.07, 6.45) is 8.41. The van der Waals surface area contributed by atoms with Crippen LogP contribution in [0.3, 0.4) is 0 Å². The van der Waals surface area contributed by atoms with E-state index in [9.17, 15) is 4.79 Å². The van der Waals surface area contributed by atoms with E-state index in [0.717, 1.165) is 37.1 Å². The number of pyridine rings is 1. The molecule has 0 bridgehead atoms. The predicted molar refractivity (Wildman–Crippen MR) is 91.2 cm³/mol. The highest BCUT2D eigenvalue weighted by atomic mass is 16.2. The molecule has 0 N–H and O–H groups in total. The standard InChI is InChI=1S/C18H26N4O/c1-5-7-10-17(15-9-8-11-19-12-15)21(4)18(23)16-13-20-22(6-2)14(16)3/h8-9,11-13,17H,5-7,10H2,1-4H3/t17-/m1/s1. The van der Waals surface area contributed by atoms with Crippen LogP contribution >= 0.6 is 0 Å². The molecular formula is C18H26N4O. The molecule has 5 nitrogen and oxygen atoms in total. The fourth-order valence-electron chi connectivity index (χ4n) is 2.86. The molecule has 1 atom stereocenters. The second-order valence-electron chi connectivity index (χ2n) is 5.82. The SMILES string of the molecule is CCCC[C@H](c1cccnc1)N(C)C(=O)c1cnn(CC)c1C. The lowest BCUT2D eigenvalue weighted by Crippen LogP contribution is -2.31. The zero-order valence-corrected chi connectivity index (χ0v) is 14.5. The first-order valence-corrected chi connectivity index (χ1v) is 8.29. The quantitative estimate of drug-likeness (QED) is 0.784. The van der Waals surface area contributed by atoms with Gasteiger partial charge in [0.05, 0.1) is 17.8 Å². The third-order valence-corrected chi connectivity index (χ3v) is 4.32. The molecule has 2 aromatic rings. The van der Waals surface area contributed by atoms with Crippen molar-refractivity contribution in [3.63, 3.8) is 0 Å². The highest BCUT2D eigenvalue weighted by Crippen LogP contribution is 2.26. The van der Waals surface area contributed by atoms with Crippen molar-refractivity contribution < 1.29 is 4.79 Å². The Hall–Kier alpha value is -2.17. The van der Waals surface area contributed by atoms with Crippen molar-refractivity contribution in [3.8, 4) is 0 Å². The lowest BCUT2D eigenvalue weighted by Gasteiger charge is -2.28. The Morgan fingerprint density at radius 1 is 1.35 bits per heavy atom. The molecule has 2 aromatic heterocycles. The minimum absolute atomic E-state index is 0.0205. The monoisotopic (exact) mass is 314 g/mol. The van der Waals surface area contributed by atoms with Gasteiger partial charge in [-0.3, -0.25) is 14.5 Å². The van der Waals surface area contributed by atoms with E-state index >= 15 is 0 Å². The number of carbonyl (C=O) groups is 1. The zero-order chi connectivity index (χ0) is 16.8. The summed E-state index contributed by atoms with van der Waals surface area (Å²) >= 11 is 0. The number of rotatable bonds is 7. The van der Waals surface area contributed by atoms with Gasteiger partial charge in [0.2, 0.25) is 0 Å². The maximum atomic E-state index is 12.9. The van der Waals surface area contributed by atoms with Gasteiger partial charge in [-0.05, 0) is 31.9 Å². The highest BCUT2D eigenvalue weighted by Gasteiger charge is 2.25. The van der Waals surface area contributed by atoms with E-state index in [4.69, 9.17) is 0 Å². The van der Waals surface area contributed by atoms with Gasteiger partial charge in [0, 0.05) is 31.7 Å². The first-order valence-electron chi connectivity index (χ1n) is 8.29. The number of amides is 1. The van der Waals surface area contributed by atoms with Crippen molar-refractivity contribution in [2.45, 2.75) is 52.6 Å². The molecule has 0 saturated heterocycles. The molecule has 23 heavy (non-hydrogen) atoms. The van der Waals surface area contributed by atoms with Crippen molar-refractivity contribution >= 4 is 5.91 Å². The summed E-state index contributed by atoms with van der Waals surface area (Å²) in [5, 5.41) is 4.29. The van der Waals surface area contributed by atoms with E-state index in [-0.39, 0.29) is 11.9 Å². The minimum atomic E-state index is 0.0205. The normalized spacial score (nSPS) is 12.2. The Kier molecular flexibility index (Phi) is 5.90. The number of hydrogen-bond acceptors (Lipinski definition) is 3. The van der Waals surface area contributed by atoms with Gasteiger partial charge in [-0.25, -0.2) is 0 Å². The van der Waals surface area contributed by atoms with Gasteiger partial charge < -0.3 is 4.90 Å². The highest BCUT2D eigenvalue weighted by molar-refractivity contribution is 5.95. The molecule has 0 saturated carbocycles. The third kappa shape index (κ3) is 3.78. The van der Waals surface area contributed by atoms with E-state index in [0.29, 0.717) is 5.56 Å². The Bertz CT molecular complexity index is 636. The molecule has 1 amide bonds. The molecule has 2 rings (SSSR count). The number of nitrogens with zero attached hydrogens (tertiary/aromatic N) is 4. The fraction of sp³-hybridized carbons (Fsp3) is 0.500. The second kappa shape index (κ2) is 7.90. The van der Waals surface area contributed by atoms with Crippen molar-refractivity contribution in [2.75, 3.05) is 7.05 Å². The van der Waals surface area contributed by atoms with E-state index < -0.39 is 0 Å². The van der Waals surface area contributed by atoms with Crippen molar-refractivity contribution in [1.29, 1.82) is 0 Å². The van der Waals surface area contributed by atoms with Crippen LogP contribution in [-0.2, 0) is 6.54 Å². The number of unbranched alkanes of at least 4 members (excludes halogenated alkanes) is 1. The van der Waals surface area contributed by atoms with Crippen LogP contribution in [0.5, 0.6) is 0 Å². The average Bonchev–Trinajstić information content (AvgIpc) is 2.96. The Morgan fingerprint density at radius 3 is 2.70 bits per heavy atom. The van der Waals surface area contributed by atoms with Crippen LogP contribution in [0.4, 0.5) is 0 Å². The van der Waals surface area contributed by atoms with Gasteiger partial charge >= 0.3 is 0 Å². The van der Waals surface area contributed by atoms with Crippen molar-refractivity contribution in [1.82, 2.24) is 19.7 Å². The summed E-state index contributed by atoms with van der Waals surface area (Å²) in [5.74, 6) is 0.0205. The lowest BCUT2D eigenvalue weighted by atomic mass is 10.0. The summed E-state index contributed by atoms with van der Waals surface area (Å²) in [6, 6.07) is 4.01. The van der Waals surface area contributed by atoms with Crippen LogP contribution in [-0.4, -0.2) is 32.6 Å². The Labute approximate surface area is 138 Å². The van der Waals surface area contributed by atoms with Crippen LogP contribution < -0.4 is 0 Å². The molecule has 124 valence electrons. The lowest BCUT2D eigenvalue weighted by molar-refractivity contribution is 0.0719. The van der Waals surface area contributed by atoms with Gasteiger partial charge in [-0.15, -0.1) is 0 Å². The summed E-state index contributed by atoms with van der Waals surface area (Å²) in [4.78, 5) is 19.0. The zero-order valence-electron chi connectivity index (χ0n) is 14.5. The van der Waals surface area contributed by atoms with Crippen molar-refractivity contribution in [2.24, 2.45) is 0 Å². The van der Waals surface area contributed by atoms with Crippen LogP contribution in [0.15, 0.2) is 30.7 Å². The van der Waals surface area contributed by atoms with Crippen LogP contribution in [0.1, 0.15) is 60.8 Å². The molecule has 0 fully saturated rings. The summed E-state index contributed by atoms with van der Waals surface area (Å²) in [6.45, 7) is 6.91. The first kappa shape index (κ1) is 17.2.